The van der Waals surface area contributed by atoms with E-state index in [1.54, 1.807) is 0 Å². The van der Waals surface area contributed by atoms with E-state index < -0.39 is 9.05 Å². The quantitative estimate of drug-likeness (QED) is 0.841. The number of halogens is 1. The lowest BCUT2D eigenvalue weighted by Crippen LogP contribution is -2.02. The van der Waals surface area contributed by atoms with E-state index in [1.165, 1.54) is 18.2 Å². The largest absolute Gasteiger partial charge is 0.493 e. The molecule has 0 saturated heterocycles. The van der Waals surface area contributed by atoms with Gasteiger partial charge in [0.15, 0.2) is 0 Å². The minimum Gasteiger partial charge on any atom is -0.493 e. The fourth-order valence-electron chi connectivity index (χ4n) is 1.19. The van der Waals surface area contributed by atoms with Gasteiger partial charge in [-0.2, -0.15) is 0 Å². The van der Waals surface area contributed by atoms with Crippen LogP contribution in [0.15, 0.2) is 29.7 Å². The zero-order valence-corrected chi connectivity index (χ0v) is 10.3. The van der Waals surface area contributed by atoms with Crippen molar-refractivity contribution >= 4 is 25.4 Å². The summed E-state index contributed by atoms with van der Waals surface area (Å²) in [6, 6.07) is 4.21. The molecule has 6 heteroatoms. The van der Waals surface area contributed by atoms with Crippen LogP contribution < -0.4 is 10.5 Å². The minimum atomic E-state index is -3.77. The average molecular weight is 262 g/mol. The molecule has 0 aliphatic heterocycles. The predicted molar refractivity (Wildman–Crippen MR) is 63.9 cm³/mol. The molecule has 0 spiro atoms. The maximum Gasteiger partial charge on any atom is 0.261 e. The Labute approximate surface area is 99.1 Å². The standard InChI is InChI=1S/C10H12ClNO3S/c1-3-15-10-5-4-8(16(11,13)14)6-9(10)7(2)12/h4-6H,2-3,12H2,1H3. The number of ether oxygens (including phenoxy) is 1. The Balaban J connectivity index is 3.34. The Kier molecular flexibility index (Phi) is 3.83. The third kappa shape index (κ3) is 2.90. The highest BCUT2D eigenvalue weighted by Crippen LogP contribution is 2.27. The zero-order chi connectivity index (χ0) is 12.3. The van der Waals surface area contributed by atoms with Gasteiger partial charge in [0.25, 0.3) is 9.05 Å². The molecule has 1 rings (SSSR count). The lowest BCUT2D eigenvalue weighted by atomic mass is 10.1. The molecule has 0 saturated carbocycles. The second-order valence-electron chi connectivity index (χ2n) is 3.05. The van der Waals surface area contributed by atoms with Gasteiger partial charge in [0.05, 0.1) is 11.5 Å². The smallest absolute Gasteiger partial charge is 0.261 e. The lowest BCUT2D eigenvalue weighted by molar-refractivity contribution is 0.339. The average Bonchev–Trinajstić information content (AvgIpc) is 2.16. The monoisotopic (exact) mass is 261 g/mol. The molecular formula is C10H12ClNO3S. The summed E-state index contributed by atoms with van der Waals surface area (Å²) in [4.78, 5) is -0.0285. The molecule has 0 aromatic heterocycles. The van der Waals surface area contributed by atoms with Crippen molar-refractivity contribution in [1.29, 1.82) is 0 Å². The van der Waals surface area contributed by atoms with Crippen molar-refractivity contribution in [1.82, 2.24) is 0 Å². The van der Waals surface area contributed by atoms with Gasteiger partial charge in [-0.05, 0) is 25.1 Å². The molecule has 4 nitrogen and oxygen atoms in total. The van der Waals surface area contributed by atoms with Crippen molar-refractivity contribution in [2.24, 2.45) is 5.73 Å². The van der Waals surface area contributed by atoms with Crippen molar-refractivity contribution in [3.8, 4) is 5.75 Å². The normalized spacial score (nSPS) is 11.1. The highest BCUT2D eigenvalue weighted by atomic mass is 35.7. The van der Waals surface area contributed by atoms with Crippen LogP contribution in [0.3, 0.4) is 0 Å². The highest BCUT2D eigenvalue weighted by molar-refractivity contribution is 8.13. The van der Waals surface area contributed by atoms with E-state index >= 15 is 0 Å². The van der Waals surface area contributed by atoms with E-state index in [2.05, 4.69) is 6.58 Å². The third-order valence-electron chi connectivity index (χ3n) is 1.88. The minimum absolute atomic E-state index is 0.0285. The molecule has 1 aromatic carbocycles. The Morgan fingerprint density at radius 3 is 2.62 bits per heavy atom. The molecule has 1 aromatic rings. The van der Waals surface area contributed by atoms with Gasteiger partial charge in [-0.1, -0.05) is 6.58 Å². The summed E-state index contributed by atoms with van der Waals surface area (Å²) in [5.41, 5.74) is 6.21. The molecule has 0 aliphatic rings. The van der Waals surface area contributed by atoms with Gasteiger partial charge in [0.2, 0.25) is 0 Å². The van der Waals surface area contributed by atoms with Crippen LogP contribution in [0.4, 0.5) is 0 Å². The van der Waals surface area contributed by atoms with Crippen LogP contribution in [0.2, 0.25) is 0 Å². The van der Waals surface area contributed by atoms with Crippen LogP contribution in [-0.4, -0.2) is 15.0 Å². The molecule has 0 atom stereocenters. The van der Waals surface area contributed by atoms with Crippen LogP contribution in [0.25, 0.3) is 5.70 Å². The second-order valence-corrected chi connectivity index (χ2v) is 5.62. The van der Waals surface area contributed by atoms with Gasteiger partial charge in [-0.3, -0.25) is 0 Å². The highest BCUT2D eigenvalue weighted by Gasteiger charge is 2.14. The van der Waals surface area contributed by atoms with Crippen molar-refractivity contribution in [2.45, 2.75) is 11.8 Å². The summed E-state index contributed by atoms with van der Waals surface area (Å²) in [5.74, 6) is 0.485. The molecule has 0 fully saturated rings. The molecule has 0 heterocycles. The summed E-state index contributed by atoms with van der Waals surface area (Å²) in [7, 11) is 1.45. The van der Waals surface area contributed by atoms with Crippen molar-refractivity contribution in [2.75, 3.05) is 6.61 Å². The Hall–Kier alpha value is -1.20. The number of benzene rings is 1. The third-order valence-corrected chi connectivity index (χ3v) is 3.23. The Bertz CT molecular complexity index is 511. The molecular weight excluding hydrogens is 250 g/mol. The van der Waals surface area contributed by atoms with Crippen molar-refractivity contribution < 1.29 is 13.2 Å². The van der Waals surface area contributed by atoms with Crippen LogP contribution in [0.5, 0.6) is 5.75 Å². The van der Waals surface area contributed by atoms with E-state index in [1.807, 2.05) is 6.92 Å². The Morgan fingerprint density at radius 1 is 1.56 bits per heavy atom. The number of nitrogens with two attached hydrogens (primary N) is 1. The first kappa shape index (κ1) is 12.9. The Morgan fingerprint density at radius 2 is 2.19 bits per heavy atom. The molecule has 2 N–H and O–H groups in total. The molecule has 0 radical (unpaired) electrons. The molecule has 88 valence electrons. The van der Waals surface area contributed by atoms with E-state index in [0.29, 0.717) is 17.9 Å². The fourth-order valence-corrected chi connectivity index (χ4v) is 1.97. The summed E-state index contributed by atoms with van der Waals surface area (Å²) in [6.45, 7) is 5.82. The van der Waals surface area contributed by atoms with Gasteiger partial charge < -0.3 is 10.5 Å². The lowest BCUT2D eigenvalue weighted by Gasteiger charge is -2.10. The predicted octanol–water partition coefficient (Wildman–Crippen LogP) is 1.94. The van der Waals surface area contributed by atoms with Gasteiger partial charge in [0, 0.05) is 21.9 Å². The van der Waals surface area contributed by atoms with Gasteiger partial charge in [0.1, 0.15) is 5.75 Å². The van der Waals surface area contributed by atoms with Gasteiger partial charge >= 0.3 is 0 Å². The first-order chi connectivity index (χ1) is 7.36. The summed E-state index contributed by atoms with van der Waals surface area (Å²) in [5, 5.41) is 0. The van der Waals surface area contributed by atoms with Crippen LogP contribution in [0, 0.1) is 0 Å². The molecule has 0 amide bonds. The molecule has 0 aliphatic carbocycles. The van der Waals surface area contributed by atoms with Gasteiger partial charge in [-0.25, -0.2) is 8.42 Å². The maximum absolute atomic E-state index is 11.1. The fraction of sp³-hybridized carbons (Fsp3) is 0.200. The molecule has 16 heavy (non-hydrogen) atoms. The first-order valence-electron chi connectivity index (χ1n) is 4.52. The molecule has 0 unspecified atom stereocenters. The van der Waals surface area contributed by atoms with Gasteiger partial charge in [-0.15, -0.1) is 0 Å². The van der Waals surface area contributed by atoms with Crippen molar-refractivity contribution in [3.63, 3.8) is 0 Å². The summed E-state index contributed by atoms with van der Waals surface area (Å²) in [6.07, 6.45) is 0. The van der Waals surface area contributed by atoms with E-state index in [9.17, 15) is 8.42 Å². The topological polar surface area (TPSA) is 69.4 Å². The SMILES string of the molecule is C=C(N)c1cc(S(=O)(=O)Cl)ccc1OCC. The van der Waals surface area contributed by atoms with E-state index in [4.69, 9.17) is 21.2 Å². The zero-order valence-electron chi connectivity index (χ0n) is 8.73. The maximum atomic E-state index is 11.1. The van der Waals surface area contributed by atoms with E-state index in [-0.39, 0.29) is 10.6 Å². The first-order valence-corrected chi connectivity index (χ1v) is 6.83. The number of hydrogen-bond donors (Lipinski definition) is 1. The van der Waals surface area contributed by atoms with E-state index in [0.717, 1.165) is 0 Å². The van der Waals surface area contributed by atoms with Crippen LogP contribution in [0.1, 0.15) is 12.5 Å². The van der Waals surface area contributed by atoms with Crippen LogP contribution in [-0.2, 0) is 9.05 Å². The second kappa shape index (κ2) is 4.76. The summed E-state index contributed by atoms with van der Waals surface area (Å²) < 4.78 is 27.5. The van der Waals surface area contributed by atoms with Crippen LogP contribution >= 0.6 is 10.7 Å². The van der Waals surface area contributed by atoms with Crippen molar-refractivity contribution in [3.05, 3.63) is 30.3 Å². The number of rotatable bonds is 4. The number of hydrogen-bond acceptors (Lipinski definition) is 4. The summed E-state index contributed by atoms with van der Waals surface area (Å²) >= 11 is 0. The molecule has 0 bridgehead atoms.